The number of Topliss-reactive ketones (excluding diaryl/α,β-unsaturated/α-hetero) is 1. The molecule has 3 N–H and O–H groups in total. The first-order valence-electron chi connectivity index (χ1n) is 26.2. The van der Waals surface area contributed by atoms with Crippen molar-refractivity contribution in [2.45, 2.75) is 238 Å². The number of unbranched alkanes of at least 4 members (excludes halogenated alkanes) is 15. The molecule has 9 heteroatoms. The van der Waals surface area contributed by atoms with Crippen molar-refractivity contribution < 1.29 is 39.2 Å². The molecule has 9 nitrogen and oxygen atoms in total. The molecule has 0 amide bonds. The summed E-state index contributed by atoms with van der Waals surface area (Å²) in [6.45, 7) is 12.3. The van der Waals surface area contributed by atoms with E-state index in [4.69, 9.17) is 9.47 Å². The van der Waals surface area contributed by atoms with Crippen LogP contribution in [-0.2, 0) is 23.9 Å². The Morgan fingerprint density at radius 2 is 1.37 bits per heavy atom. The molecular formula is C53H93NO8. The van der Waals surface area contributed by atoms with Crippen LogP contribution in [0.2, 0.25) is 0 Å². The van der Waals surface area contributed by atoms with Crippen LogP contribution in [-0.4, -0.2) is 95.0 Å². The number of hydrogen-bond donors (Lipinski definition) is 3. The molecule has 0 aromatic heterocycles. The molecule has 62 heavy (non-hydrogen) atoms. The largest absolute Gasteiger partial charge is 0.462 e. The number of carbonyl (C=O) groups is 3. The normalized spacial score (nSPS) is 28.2. The summed E-state index contributed by atoms with van der Waals surface area (Å²) in [6, 6.07) is 0. The second kappa shape index (κ2) is 27.7. The quantitative estimate of drug-likeness (QED) is 0.0427. The molecular weight excluding hydrogens is 779 g/mol. The molecule has 0 aromatic rings. The van der Waals surface area contributed by atoms with Gasteiger partial charge < -0.3 is 29.7 Å². The fourth-order valence-corrected chi connectivity index (χ4v) is 12.5. The van der Waals surface area contributed by atoms with Crippen LogP contribution in [0.1, 0.15) is 220 Å². The fraction of sp³-hybridized carbons (Fsp3) is 0.906. The molecule has 0 saturated heterocycles. The average Bonchev–Trinajstić information content (AvgIpc) is 3.52. The number of hydrogen-bond acceptors (Lipinski definition) is 9. The zero-order valence-corrected chi connectivity index (χ0v) is 40.3. The summed E-state index contributed by atoms with van der Waals surface area (Å²) in [7, 11) is 0. The number of ketones is 2. The van der Waals surface area contributed by atoms with Crippen molar-refractivity contribution in [1.29, 1.82) is 0 Å². The smallest absolute Gasteiger partial charge is 0.306 e. The van der Waals surface area contributed by atoms with Crippen LogP contribution in [0, 0.1) is 28.6 Å². The zero-order chi connectivity index (χ0) is 44.9. The molecule has 4 rings (SSSR count). The SMILES string of the molecule is CCCCCCCCC(CCCCCCCC)OC(=O)CCCCCN(CCCCO)CCCCCOCC(=O)C1(O)CCC2C3CCC4=CC(=O)CCC4(C)C3C(O)CC21C. The van der Waals surface area contributed by atoms with Gasteiger partial charge >= 0.3 is 5.97 Å². The Labute approximate surface area is 378 Å². The lowest BCUT2D eigenvalue weighted by Crippen LogP contribution is -2.62. The van der Waals surface area contributed by atoms with Crippen molar-refractivity contribution in [3.63, 3.8) is 0 Å². The zero-order valence-electron chi connectivity index (χ0n) is 40.3. The molecule has 0 bridgehead atoms. The van der Waals surface area contributed by atoms with Gasteiger partial charge in [-0.05, 0) is 158 Å². The summed E-state index contributed by atoms with van der Waals surface area (Å²) in [5.74, 6) is 0.369. The minimum absolute atomic E-state index is 0.0258. The molecule has 0 aromatic carbocycles. The number of esters is 1. The van der Waals surface area contributed by atoms with Gasteiger partial charge in [-0.1, -0.05) is 104 Å². The van der Waals surface area contributed by atoms with E-state index in [1.165, 1.54) is 69.8 Å². The summed E-state index contributed by atoms with van der Waals surface area (Å²) >= 11 is 0. The van der Waals surface area contributed by atoms with Crippen LogP contribution in [0.5, 0.6) is 0 Å². The third kappa shape index (κ3) is 15.2. The van der Waals surface area contributed by atoms with E-state index < -0.39 is 17.1 Å². The van der Waals surface area contributed by atoms with Gasteiger partial charge in [0, 0.05) is 31.5 Å². The van der Waals surface area contributed by atoms with Crippen LogP contribution < -0.4 is 0 Å². The van der Waals surface area contributed by atoms with Crippen molar-refractivity contribution in [3.05, 3.63) is 11.6 Å². The Morgan fingerprint density at radius 1 is 0.774 bits per heavy atom. The van der Waals surface area contributed by atoms with E-state index in [0.717, 1.165) is 122 Å². The van der Waals surface area contributed by atoms with E-state index in [1.807, 2.05) is 13.0 Å². The first kappa shape index (κ1) is 53.0. The minimum Gasteiger partial charge on any atom is -0.462 e. The molecule has 4 aliphatic rings. The first-order chi connectivity index (χ1) is 29.9. The van der Waals surface area contributed by atoms with Crippen molar-refractivity contribution in [2.24, 2.45) is 28.6 Å². The third-order valence-corrected chi connectivity index (χ3v) is 16.3. The number of fused-ring (bicyclic) bond motifs is 5. The first-order valence-corrected chi connectivity index (χ1v) is 26.2. The lowest BCUT2D eigenvalue weighted by molar-refractivity contribution is -0.183. The Bertz CT molecular complexity index is 1340. The lowest BCUT2D eigenvalue weighted by Gasteiger charge is -2.60. The van der Waals surface area contributed by atoms with Crippen LogP contribution >= 0.6 is 0 Å². The van der Waals surface area contributed by atoms with Gasteiger partial charge in [0.25, 0.3) is 0 Å². The highest BCUT2D eigenvalue weighted by atomic mass is 16.5. The van der Waals surface area contributed by atoms with E-state index >= 15 is 0 Å². The van der Waals surface area contributed by atoms with Gasteiger partial charge in [-0.2, -0.15) is 0 Å². The number of aliphatic hydroxyl groups is 3. The molecule has 0 heterocycles. The second-order valence-corrected chi connectivity index (χ2v) is 20.8. The molecule has 4 aliphatic carbocycles. The molecule has 7 atom stereocenters. The number of allylic oxidation sites excluding steroid dienone is 1. The average molecular weight is 872 g/mol. The Balaban J connectivity index is 1.12. The van der Waals surface area contributed by atoms with Crippen LogP contribution in [0.25, 0.3) is 0 Å². The molecule has 358 valence electrons. The summed E-state index contributed by atoms with van der Waals surface area (Å²) in [4.78, 5) is 41.4. The molecule has 7 unspecified atom stereocenters. The summed E-state index contributed by atoms with van der Waals surface area (Å²) in [5.41, 5.74) is -1.19. The van der Waals surface area contributed by atoms with Gasteiger partial charge in [0.05, 0.1) is 6.10 Å². The predicted octanol–water partition coefficient (Wildman–Crippen LogP) is 11.0. The maximum atomic E-state index is 13.8. The standard InChI is InChI=1S/C53H93NO8/c1-5-7-9-11-13-17-25-44(26-18-14-12-10-8-6-2)62-49(59)27-19-15-20-34-54(36-22-23-37-55)35-21-16-24-38-61-41-48(58)53(60)33-31-46-45-29-28-42-39-43(56)30-32-51(42,3)50(45)47(57)40-52(46,53)4/h39,44-47,50,55,57,60H,5-38,40-41H2,1-4H3. The maximum Gasteiger partial charge on any atom is 0.306 e. The van der Waals surface area contributed by atoms with E-state index in [9.17, 15) is 29.7 Å². The highest BCUT2D eigenvalue weighted by molar-refractivity contribution is 5.92. The van der Waals surface area contributed by atoms with Gasteiger partial charge in [-0.15, -0.1) is 0 Å². The van der Waals surface area contributed by atoms with Crippen molar-refractivity contribution in [1.82, 2.24) is 4.90 Å². The van der Waals surface area contributed by atoms with E-state index in [-0.39, 0.29) is 60.0 Å². The van der Waals surface area contributed by atoms with Gasteiger partial charge in [-0.25, -0.2) is 0 Å². The van der Waals surface area contributed by atoms with Crippen molar-refractivity contribution >= 4 is 17.5 Å². The van der Waals surface area contributed by atoms with Gasteiger partial charge in [-0.3, -0.25) is 14.4 Å². The second-order valence-electron chi connectivity index (χ2n) is 20.8. The van der Waals surface area contributed by atoms with Gasteiger partial charge in [0.15, 0.2) is 11.6 Å². The van der Waals surface area contributed by atoms with Gasteiger partial charge in [0.2, 0.25) is 0 Å². The number of aliphatic hydroxyl groups excluding tert-OH is 2. The molecule has 0 spiro atoms. The Morgan fingerprint density at radius 3 is 2.02 bits per heavy atom. The predicted molar refractivity (Wildman–Crippen MR) is 250 cm³/mol. The fourth-order valence-electron chi connectivity index (χ4n) is 12.5. The Kier molecular flexibility index (Phi) is 23.7. The number of rotatable bonds is 34. The van der Waals surface area contributed by atoms with Crippen molar-refractivity contribution in [2.75, 3.05) is 39.5 Å². The number of ether oxygens (including phenoxy) is 2. The Hall–Kier alpha value is -1.65. The molecule has 3 saturated carbocycles. The number of carbonyl (C=O) groups excluding carboxylic acids is 3. The molecule has 0 radical (unpaired) electrons. The highest BCUT2D eigenvalue weighted by Crippen LogP contribution is 2.67. The maximum absolute atomic E-state index is 13.8. The monoisotopic (exact) mass is 872 g/mol. The minimum atomic E-state index is -1.50. The van der Waals surface area contributed by atoms with E-state index in [0.29, 0.717) is 32.3 Å². The topological polar surface area (TPSA) is 134 Å². The number of nitrogens with zero attached hydrogens (tertiary/aromatic N) is 1. The van der Waals surface area contributed by atoms with Crippen LogP contribution in [0.3, 0.4) is 0 Å². The van der Waals surface area contributed by atoms with E-state index in [2.05, 4.69) is 25.7 Å². The third-order valence-electron chi connectivity index (χ3n) is 16.3. The molecule has 3 fully saturated rings. The van der Waals surface area contributed by atoms with Crippen molar-refractivity contribution in [3.8, 4) is 0 Å². The lowest BCUT2D eigenvalue weighted by atomic mass is 9.45. The van der Waals surface area contributed by atoms with Crippen LogP contribution in [0.15, 0.2) is 11.6 Å². The van der Waals surface area contributed by atoms with Crippen LogP contribution in [0.4, 0.5) is 0 Å². The molecule has 0 aliphatic heterocycles. The summed E-state index contributed by atoms with van der Waals surface area (Å²) < 4.78 is 12.0. The summed E-state index contributed by atoms with van der Waals surface area (Å²) in [5, 5.41) is 33.2. The van der Waals surface area contributed by atoms with Gasteiger partial charge in [0.1, 0.15) is 18.3 Å². The summed E-state index contributed by atoms with van der Waals surface area (Å²) in [6.07, 6.45) is 31.1. The van der Waals surface area contributed by atoms with E-state index in [1.54, 1.807) is 0 Å². The highest BCUT2D eigenvalue weighted by Gasteiger charge is 2.68.